The molecule has 0 saturated carbocycles. The molecule has 0 atom stereocenters. The lowest BCUT2D eigenvalue weighted by Gasteiger charge is -2.14. The molecule has 0 aliphatic heterocycles. The van der Waals surface area contributed by atoms with E-state index < -0.39 is 6.09 Å². The smallest absolute Gasteiger partial charge is 0.407 e. The number of ether oxygens (including phenoxy) is 1. The van der Waals surface area contributed by atoms with Gasteiger partial charge in [-0.05, 0) is 46.5 Å². The van der Waals surface area contributed by atoms with Crippen molar-refractivity contribution in [2.45, 2.75) is 5.92 Å². The van der Waals surface area contributed by atoms with E-state index >= 15 is 0 Å². The molecule has 5 heteroatoms. The molecule has 156 valence electrons. The number of nitrogens with one attached hydrogen (secondary N) is 1. The fourth-order valence-electron chi connectivity index (χ4n) is 4.10. The van der Waals surface area contributed by atoms with Crippen LogP contribution in [0.25, 0.3) is 22.0 Å². The zero-order valence-corrected chi connectivity index (χ0v) is 17.9. The number of aromatic nitrogens is 1. The zero-order chi connectivity index (χ0) is 21.9. The van der Waals surface area contributed by atoms with Crippen molar-refractivity contribution in [3.8, 4) is 23.0 Å². The number of benzene rings is 3. The highest BCUT2D eigenvalue weighted by molar-refractivity contribution is 6.35. The number of nitrogens with zero attached hydrogens (tertiary/aromatic N) is 1. The normalized spacial score (nSPS) is 11.9. The zero-order valence-electron chi connectivity index (χ0n) is 17.1. The van der Waals surface area contributed by atoms with Gasteiger partial charge >= 0.3 is 6.09 Å². The van der Waals surface area contributed by atoms with E-state index in [0.29, 0.717) is 5.02 Å². The van der Waals surface area contributed by atoms with E-state index in [1.807, 2.05) is 42.5 Å². The van der Waals surface area contributed by atoms with Gasteiger partial charge in [-0.3, -0.25) is 4.98 Å². The van der Waals surface area contributed by atoms with Crippen molar-refractivity contribution in [2.75, 3.05) is 13.2 Å². The Hall–Kier alpha value is -3.81. The van der Waals surface area contributed by atoms with E-state index in [1.165, 1.54) is 22.3 Å². The standard InChI is InChI=1S/C27H19ClN2O2/c28-25-13-15-29-26-12-11-18(16-23(25)26)6-5-14-30-27(31)32-17-24-21-9-3-1-7-19(21)20-8-2-4-10-22(20)24/h1-4,7-13,15-16,24H,14,17H2,(H,30,31). The van der Waals surface area contributed by atoms with E-state index in [0.717, 1.165) is 16.5 Å². The Labute approximate surface area is 191 Å². The number of pyridine rings is 1. The maximum Gasteiger partial charge on any atom is 0.407 e. The number of alkyl carbamates (subject to hydrolysis) is 1. The second-order valence-corrected chi connectivity index (χ2v) is 7.91. The predicted octanol–water partition coefficient (Wildman–Crippen LogP) is 5.78. The molecule has 0 saturated heterocycles. The first-order chi connectivity index (χ1) is 15.7. The van der Waals surface area contributed by atoms with E-state index in [1.54, 1.807) is 12.3 Å². The Kier molecular flexibility index (Phi) is 5.49. The number of halogens is 1. The minimum Gasteiger partial charge on any atom is -0.449 e. The lowest BCUT2D eigenvalue weighted by Crippen LogP contribution is -2.26. The van der Waals surface area contributed by atoms with Gasteiger partial charge in [0.2, 0.25) is 0 Å². The number of fused-ring (bicyclic) bond motifs is 4. The minimum atomic E-state index is -0.480. The summed E-state index contributed by atoms with van der Waals surface area (Å²) in [6.07, 6.45) is 1.20. The van der Waals surface area contributed by atoms with Gasteiger partial charge in [0, 0.05) is 23.1 Å². The summed E-state index contributed by atoms with van der Waals surface area (Å²) in [6, 6.07) is 23.9. The Balaban J connectivity index is 1.20. The molecular formula is C27H19ClN2O2. The molecule has 0 unspecified atom stereocenters. The number of amides is 1. The van der Waals surface area contributed by atoms with E-state index in [9.17, 15) is 4.79 Å². The first kappa shape index (κ1) is 20.1. The topological polar surface area (TPSA) is 51.2 Å². The third-order valence-corrected chi connectivity index (χ3v) is 5.92. The number of hydrogen-bond donors (Lipinski definition) is 1. The van der Waals surface area contributed by atoms with Crippen LogP contribution in [-0.2, 0) is 4.74 Å². The molecule has 0 bridgehead atoms. The second-order valence-electron chi connectivity index (χ2n) is 7.51. The molecule has 4 aromatic rings. The molecule has 5 rings (SSSR count). The lowest BCUT2D eigenvalue weighted by molar-refractivity contribution is 0.144. The van der Waals surface area contributed by atoms with Crippen molar-refractivity contribution >= 4 is 28.6 Å². The number of rotatable bonds is 3. The molecule has 1 aliphatic carbocycles. The summed E-state index contributed by atoms with van der Waals surface area (Å²) < 4.78 is 5.52. The number of carbonyl (C=O) groups excluding carboxylic acids is 1. The van der Waals surface area contributed by atoms with Crippen molar-refractivity contribution in [1.82, 2.24) is 10.3 Å². The molecule has 0 fully saturated rings. The quantitative estimate of drug-likeness (QED) is 0.412. The number of carbonyl (C=O) groups is 1. The van der Waals surface area contributed by atoms with Crippen molar-refractivity contribution in [3.05, 3.63) is 101 Å². The molecule has 4 nitrogen and oxygen atoms in total. The van der Waals surface area contributed by atoms with E-state index in [-0.39, 0.29) is 19.1 Å². The number of hydrogen-bond acceptors (Lipinski definition) is 3. The third-order valence-electron chi connectivity index (χ3n) is 5.59. The molecule has 1 N–H and O–H groups in total. The Bertz CT molecular complexity index is 1340. The van der Waals surface area contributed by atoms with Crippen LogP contribution in [0.2, 0.25) is 5.02 Å². The minimum absolute atomic E-state index is 0.0372. The molecule has 1 amide bonds. The van der Waals surface area contributed by atoms with Crippen LogP contribution in [0.15, 0.2) is 79.0 Å². The van der Waals surface area contributed by atoms with Crippen LogP contribution in [0.1, 0.15) is 22.6 Å². The van der Waals surface area contributed by atoms with Crippen molar-refractivity contribution < 1.29 is 9.53 Å². The first-order valence-electron chi connectivity index (χ1n) is 10.3. The monoisotopic (exact) mass is 438 g/mol. The fourth-order valence-corrected chi connectivity index (χ4v) is 4.31. The van der Waals surface area contributed by atoms with Crippen LogP contribution in [0.4, 0.5) is 4.79 Å². The first-order valence-corrected chi connectivity index (χ1v) is 10.7. The van der Waals surface area contributed by atoms with Gasteiger partial charge in [-0.2, -0.15) is 0 Å². The summed E-state index contributed by atoms with van der Waals surface area (Å²) >= 11 is 6.22. The molecule has 0 spiro atoms. The largest absolute Gasteiger partial charge is 0.449 e. The van der Waals surface area contributed by atoms with E-state index in [2.05, 4.69) is 46.4 Å². The molecule has 1 aromatic heterocycles. The van der Waals surface area contributed by atoms with Crippen LogP contribution in [0.5, 0.6) is 0 Å². The van der Waals surface area contributed by atoms with Crippen molar-refractivity contribution in [1.29, 1.82) is 0 Å². The van der Waals surface area contributed by atoms with E-state index in [4.69, 9.17) is 16.3 Å². The molecule has 1 aliphatic rings. The average molecular weight is 439 g/mol. The molecule has 3 aromatic carbocycles. The fraction of sp³-hybridized carbons (Fsp3) is 0.111. The van der Waals surface area contributed by atoms with Crippen molar-refractivity contribution in [2.24, 2.45) is 0 Å². The van der Waals surface area contributed by atoms with Crippen LogP contribution in [-0.4, -0.2) is 24.2 Å². The Morgan fingerprint density at radius 1 is 1.00 bits per heavy atom. The second kappa shape index (κ2) is 8.74. The van der Waals surface area contributed by atoms with Gasteiger partial charge in [0.15, 0.2) is 0 Å². The predicted molar refractivity (Wildman–Crippen MR) is 127 cm³/mol. The van der Waals surface area contributed by atoms with Crippen LogP contribution in [0, 0.1) is 11.8 Å². The highest BCUT2D eigenvalue weighted by atomic mass is 35.5. The van der Waals surface area contributed by atoms with Gasteiger partial charge in [0.1, 0.15) is 6.61 Å². The maximum absolute atomic E-state index is 12.2. The van der Waals surface area contributed by atoms with Gasteiger partial charge in [-0.1, -0.05) is 72.0 Å². The highest BCUT2D eigenvalue weighted by Gasteiger charge is 2.28. The Morgan fingerprint density at radius 3 is 2.47 bits per heavy atom. The van der Waals surface area contributed by atoms with Crippen molar-refractivity contribution in [3.63, 3.8) is 0 Å². The van der Waals surface area contributed by atoms with Crippen LogP contribution < -0.4 is 5.32 Å². The lowest BCUT2D eigenvalue weighted by atomic mass is 9.98. The summed E-state index contributed by atoms with van der Waals surface area (Å²) in [5, 5.41) is 4.19. The van der Waals surface area contributed by atoms with Gasteiger partial charge in [0.25, 0.3) is 0 Å². The molecule has 32 heavy (non-hydrogen) atoms. The molecular weight excluding hydrogens is 420 g/mol. The maximum atomic E-state index is 12.2. The molecule has 0 radical (unpaired) electrons. The Morgan fingerprint density at radius 2 is 1.72 bits per heavy atom. The third kappa shape index (κ3) is 3.91. The summed E-state index contributed by atoms with van der Waals surface area (Å²) in [7, 11) is 0. The highest BCUT2D eigenvalue weighted by Crippen LogP contribution is 2.44. The van der Waals surface area contributed by atoms with Gasteiger partial charge in [-0.15, -0.1) is 0 Å². The molecule has 1 heterocycles. The summed E-state index contributed by atoms with van der Waals surface area (Å²) in [5.74, 6) is 6.02. The van der Waals surface area contributed by atoms with Gasteiger partial charge < -0.3 is 10.1 Å². The van der Waals surface area contributed by atoms with Gasteiger partial charge in [0.05, 0.1) is 17.1 Å². The summed E-state index contributed by atoms with van der Waals surface area (Å²) in [6.45, 7) is 0.471. The summed E-state index contributed by atoms with van der Waals surface area (Å²) in [4.78, 5) is 16.5. The summed E-state index contributed by atoms with van der Waals surface area (Å²) in [5.41, 5.74) is 6.40. The average Bonchev–Trinajstić information content (AvgIpc) is 3.15. The SMILES string of the molecule is O=C(NCC#Cc1ccc2nccc(Cl)c2c1)OCC1c2ccccc2-c2ccccc21. The van der Waals surface area contributed by atoms with Gasteiger partial charge in [-0.25, -0.2) is 4.79 Å². The van der Waals surface area contributed by atoms with Crippen LogP contribution >= 0.6 is 11.6 Å². The van der Waals surface area contributed by atoms with Crippen LogP contribution in [0.3, 0.4) is 0 Å².